The highest BCUT2D eigenvalue weighted by Crippen LogP contribution is 2.20. The lowest BCUT2D eigenvalue weighted by atomic mass is 10.0. The molecule has 5 heteroatoms. The molecule has 0 spiro atoms. The van der Waals surface area contributed by atoms with Crippen molar-refractivity contribution in [3.63, 3.8) is 0 Å². The number of aliphatic imine (C=N–C) groups is 4. The molecule has 1 aromatic carbocycles. The molecule has 5 heterocycles. The van der Waals surface area contributed by atoms with Crippen molar-refractivity contribution in [3.05, 3.63) is 125 Å². The Morgan fingerprint density at radius 1 is 0.471 bits per heavy atom. The van der Waals surface area contributed by atoms with Gasteiger partial charge in [0, 0.05) is 5.69 Å². The second-order valence-corrected chi connectivity index (χ2v) is 8.48. The second-order valence-electron chi connectivity index (χ2n) is 8.48. The number of anilines is 1. The molecule has 0 atom stereocenters. The fourth-order valence-electron chi connectivity index (χ4n) is 3.80. The molecular formula is C29H25N5. The SMILES string of the molecule is C1=CC2=NC1=CC1=NC(=CC3=NC(=CC4=NC(=C2)C=C4)C=C3)C=C1.Cc1ccc(N)c(C)c1C. The van der Waals surface area contributed by atoms with Gasteiger partial charge in [0.25, 0.3) is 0 Å². The van der Waals surface area contributed by atoms with Crippen LogP contribution in [0, 0.1) is 20.8 Å². The van der Waals surface area contributed by atoms with Crippen molar-refractivity contribution in [1.82, 2.24) is 0 Å². The van der Waals surface area contributed by atoms with Gasteiger partial charge in [-0.1, -0.05) is 6.07 Å². The fraction of sp³-hybridized carbons (Fsp3) is 0.103. The molecule has 0 unspecified atom stereocenters. The Kier molecular flexibility index (Phi) is 5.60. The summed E-state index contributed by atoms with van der Waals surface area (Å²) in [4.78, 5) is 18.4. The van der Waals surface area contributed by atoms with Gasteiger partial charge < -0.3 is 5.73 Å². The first-order valence-electron chi connectivity index (χ1n) is 11.2. The highest BCUT2D eigenvalue weighted by Gasteiger charge is 2.11. The number of hydrogen-bond donors (Lipinski definition) is 1. The Hall–Kier alpha value is -4.38. The maximum Gasteiger partial charge on any atom is 0.0659 e. The van der Waals surface area contributed by atoms with E-state index in [2.05, 4.69) is 46.8 Å². The van der Waals surface area contributed by atoms with Crippen LogP contribution >= 0.6 is 0 Å². The van der Waals surface area contributed by atoms with Crippen LogP contribution in [0.4, 0.5) is 5.69 Å². The lowest BCUT2D eigenvalue weighted by Crippen LogP contribution is -1.93. The number of nitrogens with two attached hydrogens (primary N) is 1. The Bertz CT molecular complexity index is 1250. The van der Waals surface area contributed by atoms with Crippen LogP contribution in [0.15, 0.2) is 128 Å². The van der Waals surface area contributed by atoms with E-state index in [1.807, 2.05) is 79.0 Å². The van der Waals surface area contributed by atoms with E-state index in [0.717, 1.165) is 51.3 Å². The minimum absolute atomic E-state index is 0.892. The van der Waals surface area contributed by atoms with Crippen molar-refractivity contribution >= 4 is 28.5 Å². The van der Waals surface area contributed by atoms with E-state index < -0.39 is 0 Å². The van der Waals surface area contributed by atoms with Crippen molar-refractivity contribution in [2.45, 2.75) is 20.8 Å². The zero-order valence-corrected chi connectivity index (χ0v) is 19.4. The normalized spacial score (nSPS) is 18.9. The van der Waals surface area contributed by atoms with Crippen molar-refractivity contribution in [2.75, 3.05) is 5.73 Å². The number of nitrogens with zero attached hydrogens (tertiary/aromatic N) is 4. The van der Waals surface area contributed by atoms with E-state index >= 15 is 0 Å². The number of fused-ring (bicyclic) bond motifs is 4. The minimum Gasteiger partial charge on any atom is -0.399 e. The van der Waals surface area contributed by atoms with Crippen molar-refractivity contribution in [2.24, 2.45) is 20.0 Å². The number of aryl methyl sites for hydroxylation is 1. The largest absolute Gasteiger partial charge is 0.399 e. The first-order chi connectivity index (χ1) is 16.4. The summed E-state index contributed by atoms with van der Waals surface area (Å²) in [6.45, 7) is 6.25. The monoisotopic (exact) mass is 443 g/mol. The number of allylic oxidation sites excluding steroid dienone is 12. The average Bonchev–Trinajstić information content (AvgIpc) is 3.61. The summed E-state index contributed by atoms with van der Waals surface area (Å²) in [6.07, 6.45) is 23.8. The highest BCUT2D eigenvalue weighted by atomic mass is 14.8. The number of rotatable bonds is 0. The van der Waals surface area contributed by atoms with E-state index in [9.17, 15) is 0 Å². The molecule has 5 aliphatic heterocycles. The van der Waals surface area contributed by atoms with E-state index in [4.69, 9.17) is 5.73 Å². The molecule has 0 amide bonds. The summed E-state index contributed by atoms with van der Waals surface area (Å²) in [5, 5.41) is 0. The third-order valence-electron chi connectivity index (χ3n) is 6.02. The summed E-state index contributed by atoms with van der Waals surface area (Å²) in [6, 6.07) is 4.01. The van der Waals surface area contributed by atoms with Gasteiger partial charge in [-0.05, 0) is 116 Å². The first kappa shape index (κ1) is 21.5. The predicted molar refractivity (Wildman–Crippen MR) is 144 cm³/mol. The zero-order valence-electron chi connectivity index (χ0n) is 19.4. The lowest BCUT2D eigenvalue weighted by Gasteiger charge is -2.05. The van der Waals surface area contributed by atoms with Crippen LogP contribution in [0.2, 0.25) is 0 Å². The molecule has 5 aliphatic rings. The van der Waals surface area contributed by atoms with Gasteiger partial charge in [-0.15, -0.1) is 0 Å². The van der Waals surface area contributed by atoms with Gasteiger partial charge in [-0.2, -0.15) is 0 Å². The molecule has 0 saturated heterocycles. The lowest BCUT2D eigenvalue weighted by molar-refractivity contribution is 1.27. The summed E-state index contributed by atoms with van der Waals surface area (Å²) in [5.41, 5.74) is 17.6. The number of hydrogen-bond acceptors (Lipinski definition) is 5. The maximum absolute atomic E-state index is 5.69. The third-order valence-corrected chi connectivity index (χ3v) is 6.02. The molecule has 1 aromatic rings. The van der Waals surface area contributed by atoms with Crippen LogP contribution in [0.25, 0.3) is 0 Å². The van der Waals surface area contributed by atoms with E-state index in [-0.39, 0.29) is 0 Å². The Morgan fingerprint density at radius 2 is 0.824 bits per heavy atom. The van der Waals surface area contributed by atoms with Crippen LogP contribution in [0.1, 0.15) is 16.7 Å². The van der Waals surface area contributed by atoms with Crippen LogP contribution < -0.4 is 5.73 Å². The van der Waals surface area contributed by atoms with Gasteiger partial charge in [0.15, 0.2) is 0 Å². The quantitative estimate of drug-likeness (QED) is 0.508. The molecular weight excluding hydrogens is 418 g/mol. The molecule has 0 saturated carbocycles. The van der Waals surface area contributed by atoms with E-state index in [1.54, 1.807) is 0 Å². The molecule has 0 aromatic heterocycles. The van der Waals surface area contributed by atoms with E-state index in [0.29, 0.717) is 0 Å². The van der Waals surface area contributed by atoms with Gasteiger partial charge in [-0.25, -0.2) is 20.0 Å². The average molecular weight is 444 g/mol. The standard InChI is InChI=1S/C20H12N4.C9H13N/c1-2-14-10-16-5-6-18(23-16)12-20-8-7-19(24-20)11-17-4-3-15(22-17)9-13(1)21-14;1-6-4-5-9(10)8(3)7(6)2/h1-12H;4-5H,10H2,1-3H3. The molecule has 166 valence electrons. The Labute approximate surface area is 199 Å². The molecule has 0 fully saturated rings. The van der Waals surface area contributed by atoms with Crippen molar-refractivity contribution in [1.29, 1.82) is 0 Å². The zero-order chi connectivity index (χ0) is 23.7. The van der Waals surface area contributed by atoms with Crippen molar-refractivity contribution in [3.8, 4) is 0 Å². The van der Waals surface area contributed by atoms with Crippen LogP contribution in [0.5, 0.6) is 0 Å². The summed E-state index contributed by atoms with van der Waals surface area (Å²) in [7, 11) is 0. The number of nitrogen functional groups attached to an aromatic ring is 1. The van der Waals surface area contributed by atoms with Gasteiger partial charge in [0.05, 0.1) is 45.6 Å². The summed E-state index contributed by atoms with van der Waals surface area (Å²) >= 11 is 0. The summed E-state index contributed by atoms with van der Waals surface area (Å²) in [5.74, 6) is 0. The first-order valence-corrected chi connectivity index (χ1v) is 11.2. The van der Waals surface area contributed by atoms with Gasteiger partial charge in [0.1, 0.15) is 0 Å². The second kappa shape index (κ2) is 8.87. The van der Waals surface area contributed by atoms with Gasteiger partial charge in [-0.3, -0.25) is 0 Å². The minimum atomic E-state index is 0.892. The van der Waals surface area contributed by atoms with Crippen molar-refractivity contribution < 1.29 is 0 Å². The predicted octanol–water partition coefficient (Wildman–Crippen LogP) is 5.77. The molecule has 0 aliphatic carbocycles. The van der Waals surface area contributed by atoms with Gasteiger partial charge >= 0.3 is 0 Å². The molecule has 2 N–H and O–H groups in total. The third kappa shape index (κ3) is 4.69. The molecule has 6 rings (SSSR count). The van der Waals surface area contributed by atoms with E-state index in [1.165, 1.54) is 16.7 Å². The Balaban J connectivity index is 0.000000204. The molecule has 8 bridgehead atoms. The topological polar surface area (TPSA) is 75.5 Å². The molecule has 34 heavy (non-hydrogen) atoms. The molecule has 5 nitrogen and oxygen atoms in total. The van der Waals surface area contributed by atoms with Crippen LogP contribution in [-0.2, 0) is 0 Å². The van der Waals surface area contributed by atoms with Gasteiger partial charge in [0.2, 0.25) is 0 Å². The van der Waals surface area contributed by atoms with Crippen LogP contribution in [0.3, 0.4) is 0 Å². The van der Waals surface area contributed by atoms with Crippen LogP contribution in [-0.4, -0.2) is 22.8 Å². The number of benzene rings is 1. The summed E-state index contributed by atoms with van der Waals surface area (Å²) < 4.78 is 0. The Morgan fingerprint density at radius 3 is 1.15 bits per heavy atom. The molecule has 0 radical (unpaired) electrons. The maximum atomic E-state index is 5.69. The smallest absolute Gasteiger partial charge is 0.0659 e. The highest BCUT2D eigenvalue weighted by molar-refractivity contribution is 6.14. The fourth-order valence-corrected chi connectivity index (χ4v) is 3.80.